The first kappa shape index (κ1) is 17.5. The third-order valence-electron chi connectivity index (χ3n) is 2.51. The van der Waals surface area contributed by atoms with E-state index in [0.717, 1.165) is 0 Å². The van der Waals surface area contributed by atoms with Crippen LogP contribution in [0.3, 0.4) is 0 Å². The van der Waals surface area contributed by atoms with Gasteiger partial charge in [0.2, 0.25) is 0 Å². The predicted molar refractivity (Wildman–Crippen MR) is 70.3 cm³/mol. The van der Waals surface area contributed by atoms with Gasteiger partial charge in [-0.25, -0.2) is 13.2 Å². The van der Waals surface area contributed by atoms with Gasteiger partial charge in [-0.1, -0.05) is 13.8 Å². The molecule has 0 aliphatic carbocycles. The number of carbonyl (C=O) groups excluding carboxylic acids is 1. The first-order valence-electron chi connectivity index (χ1n) is 6.49. The lowest BCUT2D eigenvalue weighted by atomic mass is 10.2. The van der Waals surface area contributed by atoms with E-state index in [2.05, 4.69) is 5.32 Å². The Bertz CT molecular complexity index is 495. The van der Waals surface area contributed by atoms with E-state index in [1.54, 1.807) is 0 Å². The largest absolute Gasteiger partial charge is 0.389 e. The molecule has 0 bridgehead atoms. The number of carbonyl (C=O) groups is 1. The second-order valence-corrected chi connectivity index (χ2v) is 5.04. The van der Waals surface area contributed by atoms with E-state index in [1.807, 2.05) is 13.8 Å². The van der Waals surface area contributed by atoms with Crippen molar-refractivity contribution in [3.05, 3.63) is 35.1 Å². The number of rotatable bonds is 7. The number of ether oxygens (including phenoxy) is 1. The summed E-state index contributed by atoms with van der Waals surface area (Å²) in [6, 6.07) is 0.772. The highest BCUT2D eigenvalue weighted by molar-refractivity contribution is 5.94. The van der Waals surface area contributed by atoms with Gasteiger partial charge in [0.25, 0.3) is 5.91 Å². The molecule has 0 spiro atoms. The second-order valence-electron chi connectivity index (χ2n) is 5.04. The highest BCUT2D eigenvalue weighted by Crippen LogP contribution is 2.13. The van der Waals surface area contributed by atoms with Gasteiger partial charge in [-0.2, -0.15) is 0 Å². The van der Waals surface area contributed by atoms with Crippen LogP contribution >= 0.6 is 0 Å². The number of benzene rings is 1. The zero-order valence-corrected chi connectivity index (χ0v) is 11.8. The molecular weight excluding hydrogens is 287 g/mol. The smallest absolute Gasteiger partial charge is 0.254 e. The molecule has 1 amide bonds. The fraction of sp³-hybridized carbons (Fsp3) is 0.500. The minimum atomic E-state index is -1.37. The summed E-state index contributed by atoms with van der Waals surface area (Å²) < 4.78 is 44.2. The molecule has 1 aromatic carbocycles. The van der Waals surface area contributed by atoms with Crippen LogP contribution in [0, 0.1) is 23.4 Å². The van der Waals surface area contributed by atoms with Crippen LogP contribution in [0.5, 0.6) is 0 Å². The summed E-state index contributed by atoms with van der Waals surface area (Å²) in [7, 11) is 0. The summed E-state index contributed by atoms with van der Waals surface area (Å²) in [5, 5.41) is 11.8. The Kier molecular flexibility index (Phi) is 6.64. The first-order valence-corrected chi connectivity index (χ1v) is 6.49. The quantitative estimate of drug-likeness (QED) is 0.756. The molecule has 4 nitrogen and oxygen atoms in total. The van der Waals surface area contributed by atoms with Gasteiger partial charge in [0.05, 0.1) is 18.3 Å². The van der Waals surface area contributed by atoms with Crippen LogP contribution in [-0.4, -0.2) is 36.9 Å². The van der Waals surface area contributed by atoms with Crippen LogP contribution in [0.25, 0.3) is 0 Å². The van der Waals surface area contributed by atoms with Crippen LogP contribution in [0.1, 0.15) is 24.2 Å². The van der Waals surface area contributed by atoms with Crippen molar-refractivity contribution in [3.63, 3.8) is 0 Å². The van der Waals surface area contributed by atoms with Crippen molar-refractivity contribution in [3.8, 4) is 0 Å². The molecule has 7 heteroatoms. The summed E-state index contributed by atoms with van der Waals surface area (Å²) >= 11 is 0. The van der Waals surface area contributed by atoms with Crippen LogP contribution < -0.4 is 5.32 Å². The van der Waals surface area contributed by atoms with Crippen molar-refractivity contribution >= 4 is 5.91 Å². The molecule has 1 rings (SSSR count). The molecular formula is C14H18F3NO3. The van der Waals surface area contributed by atoms with Crippen LogP contribution in [0.15, 0.2) is 12.1 Å². The molecule has 0 saturated heterocycles. The van der Waals surface area contributed by atoms with E-state index >= 15 is 0 Å². The Morgan fingerprint density at radius 2 is 1.81 bits per heavy atom. The number of hydrogen-bond donors (Lipinski definition) is 2. The molecule has 0 aliphatic rings. The van der Waals surface area contributed by atoms with Crippen molar-refractivity contribution in [2.24, 2.45) is 5.92 Å². The summed E-state index contributed by atoms with van der Waals surface area (Å²) in [4.78, 5) is 11.6. The average Bonchev–Trinajstić information content (AvgIpc) is 2.39. The summed E-state index contributed by atoms with van der Waals surface area (Å²) in [6.07, 6.45) is -0.971. The zero-order valence-electron chi connectivity index (χ0n) is 11.8. The number of amides is 1. The normalized spacial score (nSPS) is 12.5. The summed E-state index contributed by atoms with van der Waals surface area (Å²) in [5.41, 5.74) is -0.621. The summed E-state index contributed by atoms with van der Waals surface area (Å²) in [5.74, 6) is -4.48. The Labute approximate surface area is 120 Å². The topological polar surface area (TPSA) is 58.6 Å². The minimum Gasteiger partial charge on any atom is -0.389 e. The lowest BCUT2D eigenvalue weighted by Gasteiger charge is -2.13. The summed E-state index contributed by atoms with van der Waals surface area (Å²) in [6.45, 7) is 4.18. The molecule has 0 radical (unpaired) electrons. The van der Waals surface area contributed by atoms with Gasteiger partial charge in [0.15, 0.2) is 11.6 Å². The maximum Gasteiger partial charge on any atom is 0.254 e. The van der Waals surface area contributed by atoms with E-state index in [-0.39, 0.29) is 13.2 Å². The fourth-order valence-corrected chi connectivity index (χ4v) is 1.50. The highest BCUT2D eigenvalue weighted by Gasteiger charge is 2.17. The van der Waals surface area contributed by atoms with Gasteiger partial charge in [0.1, 0.15) is 5.82 Å². The van der Waals surface area contributed by atoms with Crippen molar-refractivity contribution in [2.45, 2.75) is 20.0 Å². The molecule has 0 saturated carbocycles. The van der Waals surface area contributed by atoms with Crippen molar-refractivity contribution < 1.29 is 27.8 Å². The second kappa shape index (κ2) is 7.99. The first-order chi connectivity index (χ1) is 9.81. The van der Waals surface area contributed by atoms with Crippen molar-refractivity contribution in [1.29, 1.82) is 0 Å². The molecule has 0 aromatic heterocycles. The highest BCUT2D eigenvalue weighted by atomic mass is 19.2. The monoisotopic (exact) mass is 305 g/mol. The Hall–Kier alpha value is -1.60. The third kappa shape index (κ3) is 5.73. The predicted octanol–water partition coefficient (Wildman–Crippen LogP) is 1.87. The van der Waals surface area contributed by atoms with E-state index < -0.39 is 35.0 Å². The van der Waals surface area contributed by atoms with Gasteiger partial charge in [-0.05, 0) is 12.0 Å². The number of nitrogens with one attached hydrogen (secondary N) is 1. The average molecular weight is 305 g/mol. The lowest BCUT2D eigenvalue weighted by Crippen LogP contribution is -2.35. The lowest BCUT2D eigenvalue weighted by molar-refractivity contribution is 0.0259. The van der Waals surface area contributed by atoms with Crippen LogP contribution in [-0.2, 0) is 4.74 Å². The number of aliphatic hydroxyl groups is 1. The zero-order chi connectivity index (χ0) is 16.0. The molecule has 1 unspecified atom stereocenters. The molecule has 0 fully saturated rings. The van der Waals surface area contributed by atoms with Crippen molar-refractivity contribution in [1.82, 2.24) is 5.32 Å². The Balaban J connectivity index is 2.49. The maximum atomic E-state index is 13.3. The fourth-order valence-electron chi connectivity index (χ4n) is 1.50. The standard InChI is InChI=1S/C14H18F3NO3/c1-8(2)6-21-7-9(19)5-18-14(20)10-3-12(16)13(17)4-11(10)15/h3-4,8-9,19H,5-7H2,1-2H3,(H,18,20). The molecule has 0 aliphatic heterocycles. The van der Waals surface area contributed by atoms with E-state index in [0.29, 0.717) is 24.7 Å². The minimum absolute atomic E-state index is 0.0126. The van der Waals surface area contributed by atoms with Gasteiger partial charge in [0, 0.05) is 19.2 Å². The Morgan fingerprint density at radius 3 is 2.43 bits per heavy atom. The van der Waals surface area contributed by atoms with E-state index in [4.69, 9.17) is 4.74 Å². The molecule has 118 valence electrons. The molecule has 1 aromatic rings. The van der Waals surface area contributed by atoms with Crippen LogP contribution in [0.2, 0.25) is 0 Å². The SMILES string of the molecule is CC(C)COCC(O)CNC(=O)c1cc(F)c(F)cc1F. The molecule has 2 N–H and O–H groups in total. The molecule has 21 heavy (non-hydrogen) atoms. The van der Waals surface area contributed by atoms with E-state index in [1.165, 1.54) is 0 Å². The van der Waals surface area contributed by atoms with Crippen LogP contribution in [0.4, 0.5) is 13.2 Å². The number of aliphatic hydroxyl groups excluding tert-OH is 1. The van der Waals surface area contributed by atoms with Gasteiger partial charge >= 0.3 is 0 Å². The maximum absolute atomic E-state index is 13.3. The molecule has 1 atom stereocenters. The van der Waals surface area contributed by atoms with Crippen molar-refractivity contribution in [2.75, 3.05) is 19.8 Å². The number of hydrogen-bond acceptors (Lipinski definition) is 3. The number of halogens is 3. The van der Waals surface area contributed by atoms with Gasteiger partial charge < -0.3 is 15.2 Å². The van der Waals surface area contributed by atoms with E-state index in [9.17, 15) is 23.1 Å². The van der Waals surface area contributed by atoms with Gasteiger partial charge in [-0.15, -0.1) is 0 Å². The molecule has 0 heterocycles. The van der Waals surface area contributed by atoms with Gasteiger partial charge in [-0.3, -0.25) is 4.79 Å². The third-order valence-corrected chi connectivity index (χ3v) is 2.51. The Morgan fingerprint density at radius 1 is 1.19 bits per heavy atom.